The number of benzene rings is 1. The number of aromatic nitrogens is 3. The van der Waals surface area contributed by atoms with Crippen LogP contribution in [0.1, 0.15) is 62.0 Å². The molecule has 1 saturated heterocycles. The molecule has 0 bridgehead atoms. The molecule has 4 heterocycles. The third kappa shape index (κ3) is 5.64. The Labute approximate surface area is 230 Å². The summed E-state index contributed by atoms with van der Waals surface area (Å²) in [6.07, 6.45) is 7.85. The summed E-state index contributed by atoms with van der Waals surface area (Å²) in [7, 11) is 0. The van der Waals surface area contributed by atoms with Gasteiger partial charge in [0, 0.05) is 48.6 Å². The summed E-state index contributed by atoms with van der Waals surface area (Å²) in [5.41, 5.74) is 2.44. The van der Waals surface area contributed by atoms with Crippen LogP contribution in [0.2, 0.25) is 0 Å². The summed E-state index contributed by atoms with van der Waals surface area (Å²) < 4.78 is 44.2. The molecule has 6 rings (SSSR count). The van der Waals surface area contributed by atoms with Crippen LogP contribution in [-0.2, 0) is 11.0 Å². The summed E-state index contributed by atoms with van der Waals surface area (Å²) in [5.74, 6) is 1.63. The quantitative estimate of drug-likeness (QED) is 0.278. The summed E-state index contributed by atoms with van der Waals surface area (Å²) >= 11 is 0. The van der Waals surface area contributed by atoms with E-state index >= 15 is 0 Å². The topological polar surface area (TPSA) is 71.1 Å². The highest BCUT2D eigenvalue weighted by atomic mass is 19.4. The molecule has 1 unspecified atom stereocenters. The summed E-state index contributed by atoms with van der Waals surface area (Å²) in [6.45, 7) is 1.79. The molecule has 1 atom stereocenters. The lowest BCUT2D eigenvalue weighted by molar-refractivity contribution is -0.137. The number of hydrogen-bond acceptors (Lipinski definition) is 4. The number of rotatable bonds is 6. The van der Waals surface area contributed by atoms with Crippen LogP contribution in [0.25, 0.3) is 21.9 Å². The molecule has 1 aromatic carbocycles. The van der Waals surface area contributed by atoms with E-state index in [1.807, 2.05) is 23.5 Å². The first-order valence-electron chi connectivity index (χ1n) is 14.1. The Balaban J connectivity index is 1.01. The largest absolute Gasteiger partial charge is 0.493 e. The van der Waals surface area contributed by atoms with Crippen molar-refractivity contribution in [1.82, 2.24) is 19.9 Å². The van der Waals surface area contributed by atoms with Crippen molar-refractivity contribution in [2.24, 2.45) is 11.8 Å². The summed E-state index contributed by atoms with van der Waals surface area (Å²) in [4.78, 5) is 27.4. The molecule has 0 spiro atoms. The van der Waals surface area contributed by atoms with Crippen molar-refractivity contribution in [3.63, 3.8) is 0 Å². The Morgan fingerprint density at radius 1 is 1.00 bits per heavy atom. The third-order valence-corrected chi connectivity index (χ3v) is 8.61. The number of carbonyl (C=O) groups is 1. The molecule has 9 heteroatoms. The van der Waals surface area contributed by atoms with Gasteiger partial charge in [0.1, 0.15) is 11.4 Å². The fourth-order valence-corrected chi connectivity index (χ4v) is 6.46. The number of likely N-dealkylation sites (tertiary alicyclic amines) is 1. The Morgan fingerprint density at radius 2 is 1.80 bits per heavy atom. The van der Waals surface area contributed by atoms with E-state index < -0.39 is 11.7 Å². The second-order valence-electron chi connectivity index (χ2n) is 11.3. The van der Waals surface area contributed by atoms with E-state index in [1.165, 1.54) is 23.1 Å². The number of fused-ring (bicyclic) bond motifs is 3. The van der Waals surface area contributed by atoms with Crippen LogP contribution >= 0.6 is 0 Å². The number of H-pyrrole nitrogens is 1. The van der Waals surface area contributed by atoms with E-state index in [1.54, 1.807) is 0 Å². The molecule has 1 aliphatic carbocycles. The van der Waals surface area contributed by atoms with Crippen LogP contribution < -0.4 is 4.74 Å². The van der Waals surface area contributed by atoms with Crippen molar-refractivity contribution in [2.45, 2.75) is 57.0 Å². The number of alkyl halides is 3. The Kier molecular flexibility index (Phi) is 7.38. The molecule has 2 fully saturated rings. The smallest absolute Gasteiger partial charge is 0.416 e. The van der Waals surface area contributed by atoms with Gasteiger partial charge in [0.15, 0.2) is 0 Å². The van der Waals surface area contributed by atoms with Gasteiger partial charge in [0.25, 0.3) is 0 Å². The molecule has 1 N–H and O–H groups in total. The molecular formula is C31H33F3N4O2. The lowest BCUT2D eigenvalue weighted by Crippen LogP contribution is -2.42. The molecule has 1 aliphatic heterocycles. The zero-order valence-corrected chi connectivity index (χ0v) is 22.3. The van der Waals surface area contributed by atoms with Gasteiger partial charge in [-0.25, -0.2) is 4.98 Å². The van der Waals surface area contributed by atoms with Crippen molar-refractivity contribution in [2.75, 3.05) is 19.7 Å². The molecule has 1 saturated carbocycles. The normalized spacial score (nSPS) is 22.1. The number of pyridine rings is 2. The monoisotopic (exact) mass is 550 g/mol. The van der Waals surface area contributed by atoms with E-state index in [2.05, 4.69) is 27.1 Å². The SMILES string of the molecule is O=C(CC1CCC(c2ccnc3cnc4[nH]ccc4c23)CC1)N1CCCC(COc2ccc(C(F)(F)F)cc2)C1. The summed E-state index contributed by atoms with van der Waals surface area (Å²) in [5, 5.41) is 2.30. The van der Waals surface area contributed by atoms with Crippen LogP contribution in [0.15, 0.2) is 55.0 Å². The average molecular weight is 551 g/mol. The van der Waals surface area contributed by atoms with Gasteiger partial charge >= 0.3 is 6.18 Å². The lowest BCUT2D eigenvalue weighted by Gasteiger charge is -2.35. The van der Waals surface area contributed by atoms with Gasteiger partial charge in [-0.05, 0) is 92.3 Å². The van der Waals surface area contributed by atoms with Crippen LogP contribution in [0.5, 0.6) is 5.75 Å². The van der Waals surface area contributed by atoms with Gasteiger partial charge in [-0.1, -0.05) is 0 Å². The number of piperidine rings is 1. The number of amides is 1. The molecular weight excluding hydrogens is 517 g/mol. The van der Waals surface area contributed by atoms with Crippen molar-refractivity contribution in [1.29, 1.82) is 0 Å². The van der Waals surface area contributed by atoms with Crippen molar-refractivity contribution >= 4 is 27.8 Å². The predicted molar refractivity (Wildman–Crippen MR) is 147 cm³/mol. The molecule has 0 radical (unpaired) electrons. The predicted octanol–water partition coefficient (Wildman–Crippen LogP) is 7.11. The van der Waals surface area contributed by atoms with Crippen LogP contribution in [-0.4, -0.2) is 45.5 Å². The van der Waals surface area contributed by atoms with Crippen molar-refractivity contribution in [3.8, 4) is 5.75 Å². The van der Waals surface area contributed by atoms with Gasteiger partial charge in [0.05, 0.1) is 23.9 Å². The molecule has 40 heavy (non-hydrogen) atoms. The van der Waals surface area contributed by atoms with E-state index in [0.717, 1.165) is 73.8 Å². The van der Waals surface area contributed by atoms with Gasteiger partial charge in [0.2, 0.25) is 5.91 Å². The Hall–Kier alpha value is -3.62. The highest BCUT2D eigenvalue weighted by Gasteiger charge is 2.31. The number of nitrogens with one attached hydrogen (secondary N) is 1. The highest BCUT2D eigenvalue weighted by molar-refractivity contribution is 6.05. The molecule has 210 valence electrons. The zero-order valence-electron chi connectivity index (χ0n) is 22.3. The standard InChI is InChI=1S/C31H33F3N4O2/c32-31(33,34)23-7-9-24(10-8-23)40-19-21-2-1-15-38(18-21)28(39)16-20-3-5-22(6-4-20)25-11-13-35-27-17-37-30-26(29(25)27)12-14-36-30/h7-14,17,20-22H,1-6,15-16,18-19H2,(H,36,37). The third-order valence-electron chi connectivity index (χ3n) is 8.61. The number of halogens is 3. The minimum Gasteiger partial charge on any atom is -0.493 e. The first-order valence-corrected chi connectivity index (χ1v) is 14.1. The van der Waals surface area contributed by atoms with Crippen LogP contribution in [0.3, 0.4) is 0 Å². The fraction of sp³-hybridized carbons (Fsp3) is 0.452. The maximum absolute atomic E-state index is 13.2. The molecule has 2 aliphatic rings. The van der Waals surface area contributed by atoms with E-state index in [9.17, 15) is 18.0 Å². The highest BCUT2D eigenvalue weighted by Crippen LogP contribution is 2.41. The number of carbonyl (C=O) groups excluding carboxylic acids is 1. The number of ether oxygens (including phenoxy) is 1. The number of nitrogens with zero attached hydrogens (tertiary/aromatic N) is 3. The van der Waals surface area contributed by atoms with Crippen LogP contribution in [0.4, 0.5) is 13.2 Å². The van der Waals surface area contributed by atoms with Crippen molar-refractivity contribution in [3.05, 3.63) is 66.1 Å². The summed E-state index contributed by atoms with van der Waals surface area (Å²) in [6, 6.07) is 9.01. The second-order valence-corrected chi connectivity index (χ2v) is 11.3. The van der Waals surface area contributed by atoms with Crippen molar-refractivity contribution < 1.29 is 22.7 Å². The first kappa shape index (κ1) is 26.6. The van der Waals surface area contributed by atoms with Crippen LogP contribution in [0, 0.1) is 11.8 Å². The van der Waals surface area contributed by atoms with Gasteiger partial charge < -0.3 is 14.6 Å². The molecule has 6 nitrogen and oxygen atoms in total. The van der Waals surface area contributed by atoms with Gasteiger partial charge in [-0.15, -0.1) is 0 Å². The first-order chi connectivity index (χ1) is 19.3. The number of hydrogen-bond donors (Lipinski definition) is 1. The zero-order chi connectivity index (χ0) is 27.7. The maximum atomic E-state index is 13.2. The minimum absolute atomic E-state index is 0.176. The van der Waals surface area contributed by atoms with E-state index in [4.69, 9.17) is 4.74 Å². The Morgan fingerprint density at radius 3 is 2.58 bits per heavy atom. The second kappa shape index (κ2) is 11.1. The average Bonchev–Trinajstić information content (AvgIpc) is 3.46. The van der Waals surface area contributed by atoms with Gasteiger partial charge in [-0.3, -0.25) is 9.78 Å². The molecule has 3 aromatic heterocycles. The van der Waals surface area contributed by atoms with E-state index in [0.29, 0.717) is 37.2 Å². The van der Waals surface area contributed by atoms with Gasteiger partial charge in [-0.2, -0.15) is 13.2 Å². The minimum atomic E-state index is -4.36. The number of aromatic amines is 1. The Bertz CT molecular complexity index is 1480. The maximum Gasteiger partial charge on any atom is 0.416 e. The lowest BCUT2D eigenvalue weighted by atomic mass is 9.76. The molecule has 4 aromatic rings. The molecule has 1 amide bonds. The fourth-order valence-electron chi connectivity index (χ4n) is 6.46. The van der Waals surface area contributed by atoms with E-state index in [-0.39, 0.29) is 11.8 Å².